The molecule has 2 aromatic rings. The van der Waals surface area contributed by atoms with Crippen molar-refractivity contribution < 1.29 is 29.4 Å². The molecule has 2 aliphatic carbocycles. The monoisotopic (exact) mass is 610 g/mol. The highest BCUT2D eigenvalue weighted by Gasteiger charge is 2.42. The number of ether oxygens (including phenoxy) is 1. The van der Waals surface area contributed by atoms with Gasteiger partial charge in [-0.05, 0) is 66.9 Å². The van der Waals surface area contributed by atoms with Crippen molar-refractivity contribution in [3.8, 4) is 0 Å². The number of hydrogen-bond acceptors (Lipinski definition) is 5. The van der Waals surface area contributed by atoms with Crippen molar-refractivity contribution in [2.75, 3.05) is 13.2 Å². The first-order valence-corrected chi connectivity index (χ1v) is 16.1. The lowest BCUT2D eigenvalue weighted by Gasteiger charge is -2.42. The summed E-state index contributed by atoms with van der Waals surface area (Å²) in [5.41, 5.74) is 3.40. The molecule has 2 N–H and O–H groups in total. The van der Waals surface area contributed by atoms with Gasteiger partial charge in [-0.3, -0.25) is 9.59 Å². The predicted octanol–water partition coefficient (Wildman–Crippen LogP) is 7.65. The van der Waals surface area contributed by atoms with Crippen LogP contribution in [0.25, 0.3) is 5.76 Å². The lowest BCUT2D eigenvalue weighted by molar-refractivity contribution is -0.134. The van der Waals surface area contributed by atoms with Crippen molar-refractivity contribution in [2.24, 2.45) is 17.8 Å². The molecule has 6 nitrogen and oxygen atoms in total. The van der Waals surface area contributed by atoms with Crippen LogP contribution in [0.1, 0.15) is 84.2 Å². The zero-order valence-corrected chi connectivity index (χ0v) is 26.0. The molecule has 44 heavy (non-hydrogen) atoms. The smallest absolute Gasteiger partial charge is 0.221 e. The van der Waals surface area contributed by atoms with Gasteiger partial charge in [0.15, 0.2) is 11.5 Å². The second-order valence-electron chi connectivity index (χ2n) is 12.0. The Balaban J connectivity index is 0.000000243. The second kappa shape index (κ2) is 16.1. The molecule has 0 aromatic heterocycles. The Kier molecular flexibility index (Phi) is 12.3. The number of carbonyl (C=O) groups excluding carboxylic acids is 2. The summed E-state index contributed by atoms with van der Waals surface area (Å²) < 4.78 is 31.6. The van der Waals surface area contributed by atoms with E-state index in [0.717, 1.165) is 30.0 Å². The fraction of sp³-hybridized carbons (Fsp3) is 0.500. The van der Waals surface area contributed by atoms with Gasteiger partial charge in [-0.2, -0.15) is 0 Å². The minimum absolute atomic E-state index is 0. The van der Waals surface area contributed by atoms with Crippen molar-refractivity contribution in [2.45, 2.75) is 83.2 Å². The summed E-state index contributed by atoms with van der Waals surface area (Å²) in [6, 6.07) is 12.7. The van der Waals surface area contributed by atoms with Crippen LogP contribution in [-0.4, -0.2) is 30.9 Å². The van der Waals surface area contributed by atoms with Crippen molar-refractivity contribution >= 4 is 17.4 Å². The van der Waals surface area contributed by atoms with E-state index in [9.17, 15) is 18.4 Å². The summed E-state index contributed by atoms with van der Waals surface area (Å²) in [5, 5.41) is 3.30. The van der Waals surface area contributed by atoms with Gasteiger partial charge in [0.2, 0.25) is 5.91 Å². The first kappa shape index (κ1) is 33.5. The standard InChI is InChI=1S/C22H31NO2.C12H9F2NO2.C2H6.H2/c24-21(23-22(15-25-16-22)20-9-5-2-6-10-20)14-17-11-12-19(13-17)18-7-3-1-4-8-18;1-2-11(16)10-6-12(17-15-10)8-4-3-7(13)5-9(8)14;1-2;/h2,5-6,9-10,17-19H,1,3-4,7-8,11-16H2,(H,23,24);2-6,10,15H,1H2;1-2H3;1H. The summed E-state index contributed by atoms with van der Waals surface area (Å²) >= 11 is 0. The zero-order chi connectivity index (χ0) is 31.5. The SMILES string of the molecule is C=CC(=O)C1C=C(c2ccc(F)cc2F)ON1.CC.O=C(CC1CCC(C2CCCCC2)C1)NC1(c2ccccc2)COC1.[HH]. The molecule has 1 amide bonds. The van der Waals surface area contributed by atoms with E-state index in [1.165, 1.54) is 69.1 Å². The summed E-state index contributed by atoms with van der Waals surface area (Å²) in [4.78, 5) is 28.9. The molecule has 3 fully saturated rings. The predicted molar refractivity (Wildman–Crippen MR) is 170 cm³/mol. The first-order chi connectivity index (χ1) is 21.4. The molecule has 0 radical (unpaired) electrons. The van der Waals surface area contributed by atoms with Crippen LogP contribution in [0.3, 0.4) is 0 Å². The van der Waals surface area contributed by atoms with Gasteiger partial charge < -0.3 is 14.9 Å². The fourth-order valence-electron chi connectivity index (χ4n) is 6.73. The topological polar surface area (TPSA) is 76.7 Å². The molecule has 2 aromatic carbocycles. The molecular weight excluding hydrogens is 562 g/mol. The zero-order valence-electron chi connectivity index (χ0n) is 26.0. The van der Waals surface area contributed by atoms with Crippen molar-refractivity contribution in [3.05, 3.63) is 90.0 Å². The summed E-state index contributed by atoms with van der Waals surface area (Å²) in [5.74, 6) is 1.07. The molecule has 4 aliphatic rings. The fourth-order valence-corrected chi connectivity index (χ4v) is 6.73. The van der Waals surface area contributed by atoms with Crippen LogP contribution < -0.4 is 10.8 Å². The lowest BCUT2D eigenvalue weighted by Crippen LogP contribution is -2.59. The number of nitrogens with one attached hydrogen (secondary N) is 2. The van der Waals surface area contributed by atoms with Crippen LogP contribution in [0.4, 0.5) is 8.78 Å². The number of carbonyl (C=O) groups is 2. The van der Waals surface area contributed by atoms with Gasteiger partial charge in [-0.1, -0.05) is 82.9 Å². The second-order valence-corrected chi connectivity index (χ2v) is 12.0. The molecule has 2 heterocycles. The number of rotatable bonds is 8. The van der Waals surface area contributed by atoms with Crippen LogP contribution in [0.15, 0.2) is 67.3 Å². The Morgan fingerprint density at radius 2 is 1.75 bits per heavy atom. The van der Waals surface area contributed by atoms with E-state index in [0.29, 0.717) is 25.6 Å². The van der Waals surface area contributed by atoms with Crippen LogP contribution in [0, 0.1) is 29.4 Å². The summed E-state index contributed by atoms with van der Waals surface area (Å²) in [6.07, 6.45) is 14.2. The van der Waals surface area contributed by atoms with Gasteiger partial charge in [0.05, 0.1) is 18.8 Å². The average Bonchev–Trinajstić information content (AvgIpc) is 3.71. The minimum Gasteiger partial charge on any atom is -0.407 e. The molecule has 3 unspecified atom stereocenters. The van der Waals surface area contributed by atoms with Gasteiger partial charge in [-0.25, -0.2) is 8.78 Å². The van der Waals surface area contributed by atoms with Crippen LogP contribution >= 0.6 is 0 Å². The Morgan fingerprint density at radius 3 is 2.39 bits per heavy atom. The first-order valence-electron chi connectivity index (χ1n) is 16.1. The van der Waals surface area contributed by atoms with E-state index in [1.807, 2.05) is 32.0 Å². The average molecular weight is 611 g/mol. The molecule has 0 bridgehead atoms. The molecule has 2 aliphatic heterocycles. The van der Waals surface area contributed by atoms with Gasteiger partial charge in [0.1, 0.15) is 23.2 Å². The maximum Gasteiger partial charge on any atom is 0.221 e. The summed E-state index contributed by atoms with van der Waals surface area (Å²) in [7, 11) is 0. The van der Waals surface area contributed by atoms with E-state index in [-0.39, 0.29) is 30.0 Å². The van der Waals surface area contributed by atoms with E-state index < -0.39 is 17.7 Å². The molecule has 3 atom stereocenters. The Labute approximate surface area is 261 Å². The maximum atomic E-state index is 13.4. The van der Waals surface area contributed by atoms with Crippen LogP contribution in [0.5, 0.6) is 0 Å². The number of hydroxylamine groups is 1. The number of halogens is 2. The Bertz CT molecular complexity index is 1300. The van der Waals surface area contributed by atoms with Crippen molar-refractivity contribution in [1.29, 1.82) is 0 Å². The quantitative estimate of drug-likeness (QED) is 0.300. The van der Waals surface area contributed by atoms with Crippen molar-refractivity contribution in [3.63, 3.8) is 0 Å². The molecule has 240 valence electrons. The van der Waals surface area contributed by atoms with E-state index >= 15 is 0 Å². The third-order valence-corrected chi connectivity index (χ3v) is 9.09. The lowest BCUT2D eigenvalue weighted by atomic mass is 9.79. The van der Waals surface area contributed by atoms with Crippen LogP contribution in [-0.2, 0) is 24.7 Å². The highest BCUT2D eigenvalue weighted by molar-refractivity contribution is 5.96. The van der Waals surface area contributed by atoms with Gasteiger partial charge in [-0.15, -0.1) is 5.48 Å². The normalized spacial score (nSPS) is 23.8. The van der Waals surface area contributed by atoms with Gasteiger partial charge in [0.25, 0.3) is 0 Å². The molecule has 2 saturated carbocycles. The maximum absolute atomic E-state index is 13.4. The highest BCUT2D eigenvalue weighted by Crippen LogP contribution is 2.43. The minimum atomic E-state index is -0.746. The summed E-state index contributed by atoms with van der Waals surface area (Å²) in [6.45, 7) is 8.52. The van der Waals surface area contributed by atoms with E-state index in [1.54, 1.807) is 0 Å². The number of hydrogen-bond donors (Lipinski definition) is 2. The third kappa shape index (κ3) is 8.42. The number of benzene rings is 2. The van der Waals surface area contributed by atoms with Crippen LogP contribution in [0.2, 0.25) is 0 Å². The molecule has 1 saturated heterocycles. The largest absolute Gasteiger partial charge is 0.407 e. The van der Waals surface area contributed by atoms with E-state index in [4.69, 9.17) is 9.57 Å². The Morgan fingerprint density at radius 1 is 1.02 bits per heavy atom. The van der Waals surface area contributed by atoms with Crippen molar-refractivity contribution in [1.82, 2.24) is 10.8 Å². The molecule has 8 heteroatoms. The van der Waals surface area contributed by atoms with E-state index in [2.05, 4.69) is 29.5 Å². The number of ketones is 1. The third-order valence-electron chi connectivity index (χ3n) is 9.09. The van der Waals surface area contributed by atoms with Gasteiger partial charge >= 0.3 is 0 Å². The Hall–Kier alpha value is -3.36. The molecule has 6 rings (SSSR count). The highest BCUT2D eigenvalue weighted by atomic mass is 19.1. The van der Waals surface area contributed by atoms with Gasteiger partial charge in [0, 0.05) is 13.9 Å². The number of amides is 1. The molecular formula is C36H48F2N2O4. The molecule has 0 spiro atoms.